The molecule has 0 heterocycles. The van der Waals surface area contributed by atoms with Crippen LogP contribution in [0.5, 0.6) is 0 Å². The van der Waals surface area contributed by atoms with Crippen LogP contribution in [0.15, 0.2) is 36.5 Å². The molecule has 47 heavy (non-hydrogen) atoms. The number of nitrogens with one attached hydrogen (secondary N) is 1. The van der Waals surface area contributed by atoms with Crippen LogP contribution >= 0.6 is 0 Å². The first-order chi connectivity index (χ1) is 23.0. The molecule has 0 aliphatic carbocycles. The zero-order valence-corrected chi connectivity index (χ0v) is 30.6. The number of unbranched alkanes of at least 4 members (excludes halogenated alkanes) is 22. The van der Waals surface area contributed by atoms with Crippen molar-refractivity contribution in [2.75, 3.05) is 6.54 Å². The predicted molar refractivity (Wildman–Crippen MR) is 199 cm³/mol. The van der Waals surface area contributed by atoms with E-state index in [4.69, 9.17) is 9.84 Å². The summed E-state index contributed by atoms with van der Waals surface area (Å²) in [5.41, 5.74) is 0. The van der Waals surface area contributed by atoms with Gasteiger partial charge in [0.2, 0.25) is 5.91 Å². The van der Waals surface area contributed by atoms with E-state index >= 15 is 0 Å². The van der Waals surface area contributed by atoms with Gasteiger partial charge in [-0.05, 0) is 50.7 Å². The van der Waals surface area contributed by atoms with Crippen LogP contribution in [0.1, 0.15) is 194 Å². The van der Waals surface area contributed by atoms with Gasteiger partial charge in [-0.15, -0.1) is 0 Å². The van der Waals surface area contributed by atoms with E-state index in [1.54, 1.807) is 0 Å². The third-order valence-electron chi connectivity index (χ3n) is 8.54. The van der Waals surface area contributed by atoms with Crippen molar-refractivity contribution in [3.63, 3.8) is 0 Å². The van der Waals surface area contributed by atoms with Gasteiger partial charge >= 0.3 is 11.9 Å². The lowest BCUT2D eigenvalue weighted by Crippen LogP contribution is -2.28. The van der Waals surface area contributed by atoms with Gasteiger partial charge in [0.25, 0.3) is 0 Å². The lowest BCUT2D eigenvalue weighted by Gasteiger charge is -2.11. The maximum absolute atomic E-state index is 12.5. The molecule has 0 aliphatic heterocycles. The number of carboxylic acids is 1. The molecule has 0 saturated heterocycles. The Balaban J connectivity index is 3.90. The van der Waals surface area contributed by atoms with E-state index in [-0.39, 0.29) is 24.5 Å². The highest BCUT2D eigenvalue weighted by molar-refractivity contribution is 5.80. The van der Waals surface area contributed by atoms with E-state index in [0.29, 0.717) is 12.8 Å². The van der Waals surface area contributed by atoms with Crippen LogP contribution in [0.4, 0.5) is 0 Å². The lowest BCUT2D eigenvalue weighted by atomic mass is 10.0. The Bertz CT molecular complexity index is 819. The summed E-state index contributed by atoms with van der Waals surface area (Å²) in [6.07, 6.45) is 44.8. The number of hydrogen-bond donors (Lipinski definition) is 2. The monoisotopic (exact) mass is 660 g/mol. The maximum atomic E-state index is 12.5. The third-order valence-corrected chi connectivity index (χ3v) is 8.54. The summed E-state index contributed by atoms with van der Waals surface area (Å²) in [7, 11) is 0. The summed E-state index contributed by atoms with van der Waals surface area (Å²) in [5, 5.41) is 11.0. The molecule has 6 heteroatoms. The van der Waals surface area contributed by atoms with Crippen LogP contribution in [0.3, 0.4) is 0 Å². The number of aliphatic carboxylic acids is 1. The topological polar surface area (TPSA) is 92.7 Å². The van der Waals surface area contributed by atoms with E-state index in [1.807, 2.05) is 24.3 Å². The molecule has 0 aromatic rings. The Morgan fingerprint density at radius 1 is 0.574 bits per heavy atom. The van der Waals surface area contributed by atoms with Crippen LogP contribution in [0.2, 0.25) is 0 Å². The second-order valence-corrected chi connectivity index (χ2v) is 13.2. The zero-order valence-electron chi connectivity index (χ0n) is 30.6. The van der Waals surface area contributed by atoms with Crippen LogP contribution in [0.25, 0.3) is 0 Å². The van der Waals surface area contributed by atoms with E-state index in [1.165, 1.54) is 116 Å². The zero-order chi connectivity index (χ0) is 34.5. The van der Waals surface area contributed by atoms with Crippen molar-refractivity contribution < 1.29 is 24.2 Å². The minimum atomic E-state index is -1.03. The van der Waals surface area contributed by atoms with Crippen LogP contribution < -0.4 is 5.32 Å². The average molecular weight is 660 g/mol. The molecule has 2 N–H and O–H groups in total. The summed E-state index contributed by atoms with van der Waals surface area (Å²) in [6.45, 7) is 4.06. The SMILES string of the molecule is CC/C=C\C/C=C\C(/C=C\CCCCCC(=O)NCC(=O)O)OC(=O)CCCCCCCCCCCCCCCCCCCCCC. The van der Waals surface area contributed by atoms with Crippen LogP contribution in [-0.4, -0.2) is 35.6 Å². The van der Waals surface area contributed by atoms with E-state index in [9.17, 15) is 14.4 Å². The van der Waals surface area contributed by atoms with Crippen molar-refractivity contribution in [3.05, 3.63) is 36.5 Å². The smallest absolute Gasteiger partial charge is 0.322 e. The van der Waals surface area contributed by atoms with Gasteiger partial charge in [0.1, 0.15) is 12.6 Å². The molecule has 1 amide bonds. The lowest BCUT2D eigenvalue weighted by molar-refractivity contribution is -0.145. The molecular weight excluding hydrogens is 586 g/mol. The Labute approximate surface area is 289 Å². The number of carbonyl (C=O) groups excluding carboxylic acids is 2. The summed E-state index contributed by atoms with van der Waals surface area (Å²) in [5.74, 6) is -1.39. The van der Waals surface area contributed by atoms with Gasteiger partial charge in [-0.1, -0.05) is 167 Å². The standard InChI is InChI=1S/C41H73NO5/c1-3-5-7-9-10-11-12-13-14-15-16-17-18-19-20-21-22-23-28-32-36-41(46)47-38(33-29-25-8-6-4-2)34-30-26-24-27-31-35-39(43)42-37-40(44)45/h6,8,29-30,33-34,38H,3-5,7,9-28,31-32,35-37H2,1-2H3,(H,42,43)(H,44,45)/b8-6-,33-29-,34-30-. The number of ether oxygens (including phenoxy) is 1. The van der Waals surface area contributed by atoms with Crippen molar-refractivity contribution in [3.8, 4) is 0 Å². The minimum Gasteiger partial charge on any atom is -0.480 e. The van der Waals surface area contributed by atoms with Gasteiger partial charge in [-0.2, -0.15) is 0 Å². The number of rotatable bonds is 35. The molecule has 0 rings (SSSR count). The quantitative estimate of drug-likeness (QED) is 0.0401. The van der Waals surface area contributed by atoms with Crippen molar-refractivity contribution in [2.45, 2.75) is 200 Å². The first-order valence-corrected chi connectivity index (χ1v) is 19.7. The molecule has 0 bridgehead atoms. The van der Waals surface area contributed by atoms with Gasteiger partial charge < -0.3 is 15.2 Å². The molecule has 0 aromatic carbocycles. The first kappa shape index (κ1) is 44.6. The van der Waals surface area contributed by atoms with Crippen LogP contribution in [0, 0.1) is 0 Å². The number of hydrogen-bond acceptors (Lipinski definition) is 4. The minimum absolute atomic E-state index is 0.136. The summed E-state index contributed by atoms with van der Waals surface area (Å²) < 4.78 is 5.77. The Morgan fingerprint density at radius 3 is 1.55 bits per heavy atom. The molecule has 0 aliphatic rings. The van der Waals surface area contributed by atoms with Crippen molar-refractivity contribution in [2.24, 2.45) is 0 Å². The van der Waals surface area contributed by atoms with E-state index in [2.05, 4.69) is 31.3 Å². The van der Waals surface area contributed by atoms with Crippen molar-refractivity contribution >= 4 is 17.8 Å². The van der Waals surface area contributed by atoms with Crippen LogP contribution in [-0.2, 0) is 19.1 Å². The van der Waals surface area contributed by atoms with E-state index < -0.39 is 5.97 Å². The Hall–Kier alpha value is -2.37. The van der Waals surface area contributed by atoms with E-state index in [0.717, 1.165) is 51.4 Å². The van der Waals surface area contributed by atoms with Crippen molar-refractivity contribution in [1.29, 1.82) is 0 Å². The molecule has 1 atom stereocenters. The Morgan fingerprint density at radius 2 is 1.04 bits per heavy atom. The Kier molecular flexibility index (Phi) is 34.6. The molecule has 1 unspecified atom stereocenters. The molecule has 0 spiro atoms. The first-order valence-electron chi connectivity index (χ1n) is 19.7. The highest BCUT2D eigenvalue weighted by Gasteiger charge is 2.09. The predicted octanol–water partition coefficient (Wildman–Crippen LogP) is 11.7. The van der Waals surface area contributed by atoms with Crippen molar-refractivity contribution in [1.82, 2.24) is 5.32 Å². The van der Waals surface area contributed by atoms with Gasteiger partial charge in [-0.25, -0.2) is 0 Å². The fourth-order valence-electron chi connectivity index (χ4n) is 5.65. The maximum Gasteiger partial charge on any atom is 0.322 e. The molecule has 6 nitrogen and oxygen atoms in total. The van der Waals surface area contributed by atoms with Gasteiger partial charge in [0, 0.05) is 12.8 Å². The van der Waals surface area contributed by atoms with Gasteiger partial charge in [0.05, 0.1) is 0 Å². The second kappa shape index (κ2) is 36.5. The third kappa shape index (κ3) is 36.3. The fraction of sp³-hybridized carbons (Fsp3) is 0.780. The normalized spacial score (nSPS) is 12.4. The van der Waals surface area contributed by atoms with Gasteiger partial charge in [-0.3, -0.25) is 14.4 Å². The molecule has 272 valence electrons. The number of amides is 1. The highest BCUT2D eigenvalue weighted by atomic mass is 16.5. The average Bonchev–Trinajstić information content (AvgIpc) is 3.05. The fourth-order valence-corrected chi connectivity index (χ4v) is 5.65. The summed E-state index contributed by atoms with van der Waals surface area (Å²) >= 11 is 0. The largest absolute Gasteiger partial charge is 0.480 e. The number of esters is 1. The number of allylic oxidation sites excluding steroid dienone is 4. The summed E-state index contributed by atoms with van der Waals surface area (Å²) in [4.78, 5) is 34.6. The molecule has 0 fully saturated rings. The summed E-state index contributed by atoms with van der Waals surface area (Å²) in [6, 6.07) is 0. The number of carbonyl (C=O) groups is 3. The highest BCUT2D eigenvalue weighted by Crippen LogP contribution is 2.15. The second-order valence-electron chi connectivity index (χ2n) is 13.2. The molecule has 0 saturated carbocycles. The molecular formula is C41H73NO5. The molecule has 0 aromatic heterocycles. The van der Waals surface area contributed by atoms with Gasteiger partial charge in [0.15, 0.2) is 0 Å². The number of carboxylic acid groups (broad SMARTS) is 1. The molecule has 0 radical (unpaired) electrons.